The van der Waals surface area contributed by atoms with Crippen LogP contribution in [-0.4, -0.2) is 15.9 Å². The lowest BCUT2D eigenvalue weighted by atomic mass is 9.76. The quantitative estimate of drug-likeness (QED) is 0.320. The predicted molar refractivity (Wildman–Crippen MR) is 124 cm³/mol. The van der Waals surface area contributed by atoms with E-state index in [1.165, 1.54) is 24.3 Å². The van der Waals surface area contributed by atoms with Gasteiger partial charge in [-0.15, -0.1) is 0 Å². The van der Waals surface area contributed by atoms with Gasteiger partial charge in [0.25, 0.3) is 0 Å². The van der Waals surface area contributed by atoms with E-state index in [0.717, 1.165) is 30.7 Å². The molecule has 3 nitrogen and oxygen atoms in total. The van der Waals surface area contributed by atoms with Crippen LogP contribution >= 0.6 is 0 Å². The molecule has 1 saturated carbocycles. The minimum absolute atomic E-state index is 0.0344. The number of rotatable bonds is 4. The number of fused-ring (bicyclic) bond motifs is 1. The van der Waals surface area contributed by atoms with Crippen LogP contribution in [0.2, 0.25) is 0 Å². The number of carbonyl (C=O) groups excluding carboxylic acids is 1. The maximum absolute atomic E-state index is 13.8. The Hall–Kier alpha value is -3.06. The molecule has 0 saturated heterocycles. The molecular formula is C28H25F4NO2. The van der Waals surface area contributed by atoms with E-state index in [-0.39, 0.29) is 22.5 Å². The molecule has 0 radical (unpaired) electrons. The van der Waals surface area contributed by atoms with E-state index in [1.807, 2.05) is 13.8 Å². The fraction of sp³-hybridized carbons (Fsp3) is 0.357. The van der Waals surface area contributed by atoms with Crippen molar-refractivity contribution in [3.8, 4) is 11.1 Å². The van der Waals surface area contributed by atoms with Crippen LogP contribution in [0.4, 0.5) is 17.6 Å². The molecule has 2 aliphatic rings. The van der Waals surface area contributed by atoms with Crippen LogP contribution in [0.25, 0.3) is 11.1 Å². The molecule has 1 aromatic heterocycles. The third kappa shape index (κ3) is 4.27. The lowest BCUT2D eigenvalue weighted by molar-refractivity contribution is -0.137. The van der Waals surface area contributed by atoms with E-state index in [1.54, 1.807) is 12.1 Å². The van der Waals surface area contributed by atoms with E-state index in [9.17, 15) is 27.5 Å². The minimum atomic E-state index is -4.51. The van der Waals surface area contributed by atoms with Gasteiger partial charge in [-0.1, -0.05) is 38.1 Å². The predicted octanol–water partition coefficient (Wildman–Crippen LogP) is 7.02. The molecule has 1 unspecified atom stereocenters. The Labute approximate surface area is 200 Å². The number of benzene rings is 2. The van der Waals surface area contributed by atoms with E-state index in [2.05, 4.69) is 0 Å². The number of carbonyl (C=O) groups is 1. The third-order valence-corrected chi connectivity index (χ3v) is 7.18. The molecule has 1 fully saturated rings. The number of ketones is 1. The van der Waals surface area contributed by atoms with Gasteiger partial charge in [-0.2, -0.15) is 13.2 Å². The van der Waals surface area contributed by atoms with Crippen LogP contribution in [0.5, 0.6) is 0 Å². The normalized spacial score (nSPS) is 18.6. The monoisotopic (exact) mass is 483 g/mol. The average molecular weight is 484 g/mol. The highest BCUT2D eigenvalue weighted by Gasteiger charge is 2.49. The zero-order valence-corrected chi connectivity index (χ0v) is 19.4. The van der Waals surface area contributed by atoms with Gasteiger partial charge < -0.3 is 5.11 Å². The Kier molecular flexibility index (Phi) is 5.59. The Bertz CT molecular complexity index is 1290. The maximum atomic E-state index is 13.8. The highest BCUT2D eigenvalue weighted by Crippen LogP contribution is 2.58. The SMILES string of the molecule is CC(C)c1nc2c(c(-c3ccc(F)cc3)c1C(=O)c1ccc(C(F)(F)F)cc1)C(O)CC1(CC1)C2. The van der Waals surface area contributed by atoms with E-state index < -0.39 is 29.4 Å². The number of hydrogen-bond donors (Lipinski definition) is 1. The smallest absolute Gasteiger partial charge is 0.388 e. The van der Waals surface area contributed by atoms with Crippen molar-refractivity contribution in [2.45, 2.75) is 57.7 Å². The van der Waals surface area contributed by atoms with Gasteiger partial charge in [0.1, 0.15) is 5.82 Å². The van der Waals surface area contributed by atoms with E-state index >= 15 is 0 Å². The molecule has 3 aromatic rings. The van der Waals surface area contributed by atoms with Gasteiger partial charge in [0.2, 0.25) is 0 Å². The molecule has 35 heavy (non-hydrogen) atoms. The van der Waals surface area contributed by atoms with Crippen molar-refractivity contribution in [1.29, 1.82) is 0 Å². The van der Waals surface area contributed by atoms with Crippen molar-refractivity contribution in [1.82, 2.24) is 4.98 Å². The van der Waals surface area contributed by atoms with Crippen molar-refractivity contribution in [3.63, 3.8) is 0 Å². The zero-order valence-electron chi connectivity index (χ0n) is 19.4. The minimum Gasteiger partial charge on any atom is -0.388 e. The van der Waals surface area contributed by atoms with Crippen molar-refractivity contribution >= 4 is 5.78 Å². The topological polar surface area (TPSA) is 50.2 Å². The van der Waals surface area contributed by atoms with Gasteiger partial charge in [0, 0.05) is 22.4 Å². The Morgan fingerprint density at radius 1 is 1.06 bits per heavy atom. The first-order valence-corrected chi connectivity index (χ1v) is 11.7. The largest absolute Gasteiger partial charge is 0.416 e. The van der Waals surface area contributed by atoms with E-state index in [4.69, 9.17) is 4.98 Å². The van der Waals surface area contributed by atoms with Crippen LogP contribution in [-0.2, 0) is 12.6 Å². The summed E-state index contributed by atoms with van der Waals surface area (Å²) in [5.74, 6) is -1.08. The third-order valence-electron chi connectivity index (χ3n) is 7.18. The number of alkyl halides is 3. The summed E-state index contributed by atoms with van der Waals surface area (Å²) in [5.41, 5.74) is 2.42. The first kappa shape index (κ1) is 23.7. The van der Waals surface area contributed by atoms with Crippen LogP contribution < -0.4 is 0 Å². The molecule has 2 aliphatic carbocycles. The summed E-state index contributed by atoms with van der Waals surface area (Å²) in [4.78, 5) is 18.7. The number of hydrogen-bond acceptors (Lipinski definition) is 3. The molecule has 0 bridgehead atoms. The number of aliphatic hydroxyl groups is 1. The summed E-state index contributed by atoms with van der Waals surface area (Å²) in [6.07, 6.45) is -2.07. The molecule has 182 valence electrons. The molecular weight excluding hydrogens is 458 g/mol. The number of nitrogens with zero attached hydrogens (tertiary/aromatic N) is 1. The Morgan fingerprint density at radius 3 is 2.23 bits per heavy atom. The summed E-state index contributed by atoms with van der Waals surface area (Å²) in [7, 11) is 0. The van der Waals surface area contributed by atoms with Gasteiger partial charge in [-0.05, 0) is 66.8 Å². The Balaban J connectivity index is 1.75. The standard InChI is InChI=1S/C28H25F4NO2/c1-15(2)25-24(26(35)17-3-7-18(8-4-17)28(30,31)32)22(16-5-9-19(29)10-6-16)23-20(33-25)13-27(11-12-27)14-21(23)34/h3-10,15,21,34H,11-14H2,1-2H3. The molecule has 1 atom stereocenters. The molecule has 5 rings (SSSR count). The lowest BCUT2D eigenvalue weighted by Crippen LogP contribution is -2.25. The number of aliphatic hydroxyl groups excluding tert-OH is 1. The second-order valence-electron chi connectivity index (χ2n) is 10.1. The van der Waals surface area contributed by atoms with Crippen molar-refractivity contribution < 1.29 is 27.5 Å². The molecule has 2 aromatic carbocycles. The summed E-state index contributed by atoms with van der Waals surface area (Å²) in [6.45, 7) is 3.80. The van der Waals surface area contributed by atoms with Crippen molar-refractivity contribution in [2.24, 2.45) is 5.41 Å². The lowest BCUT2D eigenvalue weighted by Gasteiger charge is -2.32. The summed E-state index contributed by atoms with van der Waals surface area (Å²) in [5, 5.41) is 11.2. The van der Waals surface area contributed by atoms with Gasteiger partial charge in [0.05, 0.1) is 22.9 Å². The van der Waals surface area contributed by atoms with Gasteiger partial charge in [-0.25, -0.2) is 4.39 Å². The van der Waals surface area contributed by atoms with Gasteiger partial charge >= 0.3 is 6.18 Å². The highest BCUT2D eigenvalue weighted by molar-refractivity contribution is 6.14. The van der Waals surface area contributed by atoms with Crippen molar-refractivity contribution in [3.05, 3.63) is 88.0 Å². The molecule has 1 spiro atoms. The van der Waals surface area contributed by atoms with Crippen LogP contribution in [0, 0.1) is 11.2 Å². The zero-order chi connectivity index (χ0) is 25.1. The first-order chi connectivity index (χ1) is 16.5. The number of aromatic nitrogens is 1. The second kappa shape index (κ2) is 8.26. The van der Waals surface area contributed by atoms with Crippen LogP contribution in [0.1, 0.15) is 83.6 Å². The highest BCUT2D eigenvalue weighted by atomic mass is 19.4. The molecule has 0 aliphatic heterocycles. The maximum Gasteiger partial charge on any atom is 0.416 e. The summed E-state index contributed by atoms with van der Waals surface area (Å²) >= 11 is 0. The summed E-state index contributed by atoms with van der Waals surface area (Å²) in [6, 6.07) is 9.81. The molecule has 7 heteroatoms. The Morgan fingerprint density at radius 2 is 1.69 bits per heavy atom. The average Bonchev–Trinajstić information content (AvgIpc) is 3.55. The second-order valence-corrected chi connectivity index (χ2v) is 10.1. The van der Waals surface area contributed by atoms with Crippen LogP contribution in [0.3, 0.4) is 0 Å². The molecule has 1 N–H and O–H groups in total. The van der Waals surface area contributed by atoms with E-state index in [0.29, 0.717) is 35.2 Å². The fourth-order valence-corrected chi connectivity index (χ4v) is 5.18. The number of halogens is 4. The van der Waals surface area contributed by atoms with Crippen LogP contribution in [0.15, 0.2) is 48.5 Å². The van der Waals surface area contributed by atoms with Gasteiger partial charge in [-0.3, -0.25) is 9.78 Å². The van der Waals surface area contributed by atoms with Gasteiger partial charge in [0.15, 0.2) is 5.78 Å². The summed E-state index contributed by atoms with van der Waals surface area (Å²) < 4.78 is 53.0. The molecule has 0 amide bonds. The first-order valence-electron chi connectivity index (χ1n) is 11.7. The number of pyridine rings is 1. The molecule has 1 heterocycles. The van der Waals surface area contributed by atoms with Crippen molar-refractivity contribution in [2.75, 3.05) is 0 Å². The fourth-order valence-electron chi connectivity index (χ4n) is 5.18.